The minimum atomic E-state index is -0.610. The maximum atomic E-state index is 5.07. The van der Waals surface area contributed by atoms with Gasteiger partial charge in [-0.3, -0.25) is 0 Å². The van der Waals surface area contributed by atoms with E-state index in [2.05, 4.69) is 174 Å². The second kappa shape index (κ2) is 14.5. The average Bonchev–Trinajstić information content (AvgIpc) is 3.85. The molecule has 0 radical (unpaired) electrons. The van der Waals surface area contributed by atoms with Gasteiger partial charge in [0.05, 0.1) is 16.4 Å². The maximum Gasteiger partial charge on any atom is 0.164 e. The van der Waals surface area contributed by atoms with Crippen LogP contribution in [0.5, 0.6) is 0 Å². The van der Waals surface area contributed by atoms with Gasteiger partial charge in [-0.25, -0.2) is 15.0 Å². The molecule has 0 aliphatic heterocycles. The van der Waals surface area contributed by atoms with Gasteiger partial charge in [0.2, 0.25) is 0 Å². The molecular weight excluding hydrogens is 753 g/mol. The fourth-order valence-electron chi connectivity index (χ4n) is 9.75. The molecule has 2 aromatic heterocycles. The summed E-state index contributed by atoms with van der Waals surface area (Å²) in [6.07, 6.45) is 0. The molecule has 0 fully saturated rings. The molecule has 0 N–H and O–H groups in total. The molecule has 2 heterocycles. The van der Waals surface area contributed by atoms with E-state index in [0.29, 0.717) is 17.5 Å². The molecule has 290 valence electrons. The number of fused-ring (bicyclic) bond motifs is 6. The van der Waals surface area contributed by atoms with Gasteiger partial charge in [-0.2, -0.15) is 0 Å². The molecule has 0 saturated heterocycles. The largest absolute Gasteiger partial charge is 0.309 e. The lowest BCUT2D eigenvalue weighted by Crippen LogP contribution is -2.28. The van der Waals surface area contributed by atoms with Gasteiger partial charge in [-0.1, -0.05) is 194 Å². The summed E-state index contributed by atoms with van der Waals surface area (Å²) in [5.74, 6) is 1.92. The molecule has 1 aliphatic rings. The Morgan fingerprint density at radius 3 is 1.26 bits per heavy atom. The minimum absolute atomic E-state index is 0.610. The summed E-state index contributed by atoms with van der Waals surface area (Å²) in [7, 11) is 0. The van der Waals surface area contributed by atoms with Crippen molar-refractivity contribution in [3.05, 3.63) is 253 Å². The third kappa shape index (κ3) is 5.65. The van der Waals surface area contributed by atoms with Crippen LogP contribution < -0.4 is 0 Å². The number of hydrogen-bond donors (Lipinski definition) is 0. The Labute approximate surface area is 360 Å². The Kier molecular flexibility index (Phi) is 8.36. The van der Waals surface area contributed by atoms with Crippen LogP contribution in [-0.4, -0.2) is 19.5 Å². The van der Waals surface area contributed by atoms with Crippen LogP contribution in [0.4, 0.5) is 0 Å². The first-order valence-corrected chi connectivity index (χ1v) is 21.1. The van der Waals surface area contributed by atoms with Gasteiger partial charge in [0.25, 0.3) is 0 Å². The molecule has 0 saturated carbocycles. The van der Waals surface area contributed by atoms with E-state index in [0.717, 1.165) is 22.4 Å². The highest BCUT2D eigenvalue weighted by atomic mass is 15.0. The SMILES string of the molecule is c1ccc(-c2ccc3c(c2)c2cc(C4(c5ccc(-c6nc(-c7ccccc7)nc(-c7ccccc7)n6)cc5)c5ccccc5-c5ccccc54)ccc2n3-c2ccccc2)cc1. The Balaban J connectivity index is 1.09. The number of aromatic nitrogens is 4. The van der Waals surface area contributed by atoms with E-state index < -0.39 is 5.41 Å². The number of para-hydroxylation sites is 1. The van der Waals surface area contributed by atoms with Gasteiger partial charge in [0.15, 0.2) is 17.5 Å². The fourth-order valence-corrected chi connectivity index (χ4v) is 9.75. The zero-order valence-electron chi connectivity index (χ0n) is 33.7. The summed E-state index contributed by atoms with van der Waals surface area (Å²) in [6.45, 7) is 0. The Morgan fingerprint density at radius 2 is 0.710 bits per heavy atom. The lowest BCUT2D eigenvalue weighted by molar-refractivity contribution is 0.770. The van der Waals surface area contributed by atoms with Crippen molar-refractivity contribution in [3.8, 4) is 62.1 Å². The van der Waals surface area contributed by atoms with Crippen molar-refractivity contribution in [3.63, 3.8) is 0 Å². The predicted molar refractivity (Wildman–Crippen MR) is 253 cm³/mol. The standard InChI is InChI=1S/C58H38N4/c1-5-17-39(18-6-1)43-31-35-53-49(37-43)50-38-45(34-36-54(50)62(53)46-23-11-4-12-24-46)58(51-27-15-13-25-47(51)48-26-14-16-28-52(48)58)44-32-29-42(30-33-44)57-60-55(40-19-7-2-8-20-40)59-56(61-57)41-21-9-3-10-22-41/h1-38H. The van der Waals surface area contributed by atoms with Crippen molar-refractivity contribution < 1.29 is 0 Å². The van der Waals surface area contributed by atoms with Crippen LogP contribution in [0.15, 0.2) is 231 Å². The van der Waals surface area contributed by atoms with Gasteiger partial charge in [-0.15, -0.1) is 0 Å². The van der Waals surface area contributed by atoms with Gasteiger partial charge in [-0.05, 0) is 80.9 Å². The van der Waals surface area contributed by atoms with E-state index in [1.807, 2.05) is 60.7 Å². The smallest absolute Gasteiger partial charge is 0.164 e. The third-order valence-electron chi connectivity index (χ3n) is 12.5. The molecule has 62 heavy (non-hydrogen) atoms. The topological polar surface area (TPSA) is 43.6 Å². The predicted octanol–water partition coefficient (Wildman–Crippen LogP) is 14.0. The van der Waals surface area contributed by atoms with E-state index >= 15 is 0 Å². The molecule has 9 aromatic carbocycles. The molecule has 12 rings (SSSR count). The Bertz CT molecular complexity index is 3330. The van der Waals surface area contributed by atoms with Crippen molar-refractivity contribution >= 4 is 21.8 Å². The zero-order chi connectivity index (χ0) is 41.0. The summed E-state index contributed by atoms with van der Waals surface area (Å²) in [6, 6.07) is 82.6. The first-order chi connectivity index (χ1) is 30.7. The summed E-state index contributed by atoms with van der Waals surface area (Å²) in [5.41, 5.74) is 15.5. The first kappa shape index (κ1) is 35.7. The average molecular weight is 791 g/mol. The van der Waals surface area contributed by atoms with Gasteiger partial charge in [0, 0.05) is 33.2 Å². The van der Waals surface area contributed by atoms with Gasteiger partial charge in [0.1, 0.15) is 0 Å². The molecular formula is C58H38N4. The second-order valence-corrected chi connectivity index (χ2v) is 16.0. The molecule has 1 aliphatic carbocycles. The fraction of sp³-hybridized carbons (Fsp3) is 0.0172. The Morgan fingerprint density at radius 1 is 0.306 bits per heavy atom. The molecule has 0 amide bonds. The summed E-state index contributed by atoms with van der Waals surface area (Å²) >= 11 is 0. The molecule has 4 heteroatoms. The van der Waals surface area contributed by atoms with Gasteiger partial charge < -0.3 is 4.57 Å². The van der Waals surface area contributed by atoms with E-state index in [9.17, 15) is 0 Å². The highest BCUT2D eigenvalue weighted by molar-refractivity contribution is 6.11. The van der Waals surface area contributed by atoms with Crippen molar-refractivity contribution in [2.24, 2.45) is 0 Å². The third-order valence-corrected chi connectivity index (χ3v) is 12.5. The molecule has 0 spiro atoms. The molecule has 11 aromatic rings. The lowest BCUT2D eigenvalue weighted by Gasteiger charge is -2.34. The number of rotatable bonds is 7. The highest BCUT2D eigenvalue weighted by Gasteiger charge is 2.46. The van der Waals surface area contributed by atoms with Crippen LogP contribution >= 0.6 is 0 Å². The summed E-state index contributed by atoms with van der Waals surface area (Å²) in [4.78, 5) is 15.1. The normalized spacial score (nSPS) is 12.6. The number of benzene rings is 9. The van der Waals surface area contributed by atoms with E-state index in [1.165, 1.54) is 66.3 Å². The quantitative estimate of drug-likeness (QED) is 0.161. The number of nitrogens with zero attached hydrogens (tertiary/aromatic N) is 4. The lowest BCUT2D eigenvalue weighted by atomic mass is 9.67. The van der Waals surface area contributed by atoms with Crippen LogP contribution in [0.25, 0.3) is 83.9 Å². The van der Waals surface area contributed by atoms with Crippen molar-refractivity contribution in [2.45, 2.75) is 5.41 Å². The Hall–Kier alpha value is -8.21. The molecule has 0 bridgehead atoms. The zero-order valence-corrected chi connectivity index (χ0v) is 33.7. The first-order valence-electron chi connectivity index (χ1n) is 21.1. The number of hydrogen-bond acceptors (Lipinski definition) is 3. The maximum absolute atomic E-state index is 5.07. The van der Waals surface area contributed by atoms with Crippen molar-refractivity contribution in [1.82, 2.24) is 19.5 Å². The van der Waals surface area contributed by atoms with Crippen LogP contribution in [0.3, 0.4) is 0 Å². The van der Waals surface area contributed by atoms with Crippen LogP contribution in [0.2, 0.25) is 0 Å². The van der Waals surface area contributed by atoms with E-state index in [-0.39, 0.29) is 0 Å². The molecule has 0 atom stereocenters. The van der Waals surface area contributed by atoms with E-state index in [4.69, 9.17) is 15.0 Å². The highest BCUT2D eigenvalue weighted by Crippen LogP contribution is 2.56. The summed E-state index contributed by atoms with van der Waals surface area (Å²) in [5, 5.41) is 2.43. The van der Waals surface area contributed by atoms with Crippen molar-refractivity contribution in [1.29, 1.82) is 0 Å². The van der Waals surface area contributed by atoms with Crippen LogP contribution in [0.1, 0.15) is 22.3 Å². The second-order valence-electron chi connectivity index (χ2n) is 16.0. The minimum Gasteiger partial charge on any atom is -0.309 e. The van der Waals surface area contributed by atoms with Crippen LogP contribution in [-0.2, 0) is 5.41 Å². The summed E-state index contributed by atoms with van der Waals surface area (Å²) < 4.78 is 2.41. The van der Waals surface area contributed by atoms with Crippen LogP contribution in [0, 0.1) is 0 Å². The monoisotopic (exact) mass is 790 g/mol. The van der Waals surface area contributed by atoms with Crippen molar-refractivity contribution in [2.75, 3.05) is 0 Å². The molecule has 4 nitrogen and oxygen atoms in total. The van der Waals surface area contributed by atoms with Gasteiger partial charge >= 0.3 is 0 Å². The molecule has 0 unspecified atom stereocenters. The van der Waals surface area contributed by atoms with E-state index in [1.54, 1.807) is 0 Å².